The smallest absolute Gasteiger partial charge is 0.317 e. The molecule has 0 spiro atoms. The van der Waals surface area contributed by atoms with Crippen LogP contribution in [-0.4, -0.2) is 96.5 Å². The van der Waals surface area contributed by atoms with Gasteiger partial charge in [-0.2, -0.15) is 0 Å². The number of esters is 1. The molecule has 3 aliphatic heterocycles. The van der Waals surface area contributed by atoms with Crippen LogP contribution in [0.2, 0.25) is 0 Å². The van der Waals surface area contributed by atoms with Crippen LogP contribution in [0.3, 0.4) is 0 Å². The largest absolute Gasteiger partial charge is 0.493 e. The van der Waals surface area contributed by atoms with Gasteiger partial charge < -0.3 is 59.3 Å². The number of ether oxygens (including phenoxy) is 7. The van der Waals surface area contributed by atoms with Crippen LogP contribution in [0.4, 0.5) is 0 Å². The molecule has 0 unspecified atom stereocenters. The van der Waals surface area contributed by atoms with Crippen molar-refractivity contribution in [2.75, 3.05) is 27.4 Å². The van der Waals surface area contributed by atoms with E-state index in [4.69, 9.17) is 44.0 Å². The first-order valence-electron chi connectivity index (χ1n) is 12.8. The SMILES string of the molecule is COc1ccc2c(c1OC)O[C@@H]1c3ccc(O[C@H]4O[C@H]([C@H](CN)OC(=O)CC(=O)O)[C@@H](O)[C@H](O)[C@H]4O)cc3OC[C@@H]21. The van der Waals surface area contributed by atoms with Gasteiger partial charge in [0.15, 0.2) is 11.5 Å². The fourth-order valence-corrected chi connectivity index (χ4v) is 5.28. The molecule has 222 valence electrons. The van der Waals surface area contributed by atoms with Crippen molar-refractivity contribution in [1.29, 1.82) is 0 Å². The Balaban J connectivity index is 1.33. The summed E-state index contributed by atoms with van der Waals surface area (Å²) >= 11 is 0. The van der Waals surface area contributed by atoms with Crippen LogP contribution in [0.15, 0.2) is 30.3 Å². The highest BCUT2D eigenvalue weighted by atomic mass is 16.7. The van der Waals surface area contributed by atoms with Gasteiger partial charge in [0, 0.05) is 23.7 Å². The third-order valence-corrected chi connectivity index (χ3v) is 7.29. The fraction of sp³-hybridized carbons (Fsp3) is 0.481. The number of nitrogens with two attached hydrogens (primary N) is 1. The van der Waals surface area contributed by atoms with Crippen LogP contribution in [0.5, 0.6) is 28.7 Å². The predicted octanol–water partition coefficient (Wildman–Crippen LogP) is -0.155. The normalized spacial score (nSPS) is 28.6. The molecule has 0 bridgehead atoms. The molecule has 1 fully saturated rings. The molecular weight excluding hydrogens is 546 g/mol. The molecular formula is C27H31NO13. The van der Waals surface area contributed by atoms with Crippen molar-refractivity contribution >= 4 is 11.9 Å². The first-order valence-corrected chi connectivity index (χ1v) is 12.8. The van der Waals surface area contributed by atoms with E-state index >= 15 is 0 Å². The van der Waals surface area contributed by atoms with Crippen molar-refractivity contribution in [2.45, 2.75) is 55.3 Å². The number of fused-ring (bicyclic) bond motifs is 5. The van der Waals surface area contributed by atoms with Crippen molar-refractivity contribution < 1.29 is 63.2 Å². The molecule has 2 aromatic carbocycles. The van der Waals surface area contributed by atoms with E-state index in [9.17, 15) is 24.9 Å². The monoisotopic (exact) mass is 577 g/mol. The van der Waals surface area contributed by atoms with Gasteiger partial charge in [-0.3, -0.25) is 9.59 Å². The lowest BCUT2D eigenvalue weighted by molar-refractivity contribution is -0.288. The zero-order chi connectivity index (χ0) is 29.4. The first-order chi connectivity index (χ1) is 19.7. The second-order valence-electron chi connectivity index (χ2n) is 9.77. The van der Waals surface area contributed by atoms with Gasteiger partial charge in [0.1, 0.15) is 54.5 Å². The van der Waals surface area contributed by atoms with Crippen LogP contribution in [0.1, 0.15) is 29.6 Å². The molecule has 2 aromatic rings. The summed E-state index contributed by atoms with van der Waals surface area (Å²) in [5, 5.41) is 40.3. The van der Waals surface area contributed by atoms with E-state index in [1.807, 2.05) is 12.1 Å². The fourth-order valence-electron chi connectivity index (χ4n) is 5.28. The molecule has 14 nitrogen and oxygen atoms in total. The number of benzene rings is 2. The zero-order valence-corrected chi connectivity index (χ0v) is 22.2. The van der Waals surface area contributed by atoms with Crippen LogP contribution < -0.4 is 29.4 Å². The Morgan fingerprint density at radius 1 is 1.05 bits per heavy atom. The molecule has 0 saturated carbocycles. The molecule has 1 saturated heterocycles. The molecule has 0 amide bonds. The Labute approximate surface area is 234 Å². The number of carbonyl (C=O) groups is 2. The Kier molecular flexibility index (Phi) is 8.11. The summed E-state index contributed by atoms with van der Waals surface area (Å²) in [6.45, 7) is -0.0596. The van der Waals surface area contributed by atoms with Crippen LogP contribution in [0, 0.1) is 0 Å². The maximum absolute atomic E-state index is 11.9. The lowest BCUT2D eigenvalue weighted by atomic mass is 9.89. The summed E-state index contributed by atoms with van der Waals surface area (Å²) in [5.74, 6) is -0.345. The lowest BCUT2D eigenvalue weighted by Crippen LogP contribution is -2.63. The Hall–Kier alpha value is -3.82. The van der Waals surface area contributed by atoms with E-state index < -0.39 is 55.2 Å². The predicted molar refractivity (Wildman–Crippen MR) is 136 cm³/mol. The Morgan fingerprint density at radius 2 is 1.80 bits per heavy atom. The summed E-state index contributed by atoms with van der Waals surface area (Å²) in [5.41, 5.74) is 7.34. The summed E-state index contributed by atoms with van der Waals surface area (Å²) < 4.78 is 39.8. The lowest BCUT2D eigenvalue weighted by Gasteiger charge is -2.42. The molecule has 14 heteroatoms. The molecule has 41 heavy (non-hydrogen) atoms. The molecule has 3 aliphatic rings. The highest BCUT2D eigenvalue weighted by Gasteiger charge is 2.49. The summed E-state index contributed by atoms with van der Waals surface area (Å²) in [7, 11) is 3.08. The van der Waals surface area contributed by atoms with Gasteiger partial charge in [-0.25, -0.2) is 0 Å². The molecule has 3 heterocycles. The standard InChI is InChI=1S/C27H31NO13/c1-35-15-6-5-12-14-10-37-16-7-11(3-4-13(16)23(14)40-24(12)26(15)36-2)38-27-22(34)20(32)21(33)25(41-27)17(9-28)39-19(31)8-18(29)30/h3-7,14,17,20-23,25,27,32-34H,8-10,28H2,1-2H3,(H,29,30)/t14-,17-,20-,21-,22+,23+,25+,27-/m0/s1. The molecule has 0 radical (unpaired) electrons. The summed E-state index contributed by atoms with van der Waals surface area (Å²) in [6.07, 6.45) is -10.7. The third-order valence-electron chi connectivity index (χ3n) is 7.29. The number of aliphatic hydroxyl groups is 3. The minimum atomic E-state index is -1.75. The minimum absolute atomic E-state index is 0.0954. The van der Waals surface area contributed by atoms with Crippen molar-refractivity contribution in [3.05, 3.63) is 41.5 Å². The van der Waals surface area contributed by atoms with Gasteiger partial charge in [-0.1, -0.05) is 6.07 Å². The van der Waals surface area contributed by atoms with Crippen molar-refractivity contribution in [1.82, 2.24) is 0 Å². The maximum Gasteiger partial charge on any atom is 0.317 e. The summed E-state index contributed by atoms with van der Waals surface area (Å²) in [4.78, 5) is 22.7. The van der Waals surface area contributed by atoms with E-state index in [1.165, 1.54) is 7.11 Å². The Morgan fingerprint density at radius 3 is 2.49 bits per heavy atom. The molecule has 0 aliphatic carbocycles. The summed E-state index contributed by atoms with van der Waals surface area (Å²) in [6, 6.07) is 8.65. The second-order valence-corrected chi connectivity index (χ2v) is 9.77. The quantitative estimate of drug-likeness (QED) is 0.194. The highest BCUT2D eigenvalue weighted by molar-refractivity contribution is 5.90. The molecule has 5 rings (SSSR count). The average Bonchev–Trinajstić information content (AvgIpc) is 3.34. The van der Waals surface area contributed by atoms with Crippen LogP contribution in [0.25, 0.3) is 0 Å². The number of carboxylic acids is 1. The number of hydrogen-bond acceptors (Lipinski definition) is 13. The van der Waals surface area contributed by atoms with Gasteiger partial charge in [0.25, 0.3) is 0 Å². The number of aliphatic carboxylic acids is 1. The number of methoxy groups -OCH3 is 2. The Bertz CT molecular complexity index is 1300. The van der Waals surface area contributed by atoms with Crippen LogP contribution >= 0.6 is 0 Å². The first kappa shape index (κ1) is 28.7. The van der Waals surface area contributed by atoms with Crippen molar-refractivity contribution in [2.24, 2.45) is 5.73 Å². The molecule has 6 N–H and O–H groups in total. The van der Waals surface area contributed by atoms with E-state index in [-0.39, 0.29) is 24.3 Å². The average molecular weight is 578 g/mol. The maximum atomic E-state index is 11.9. The van der Waals surface area contributed by atoms with Gasteiger partial charge in [0.05, 0.1) is 26.7 Å². The van der Waals surface area contributed by atoms with Gasteiger partial charge in [0.2, 0.25) is 12.0 Å². The molecule has 8 atom stereocenters. The number of carbonyl (C=O) groups excluding carboxylic acids is 1. The number of hydrogen-bond donors (Lipinski definition) is 5. The van der Waals surface area contributed by atoms with Crippen LogP contribution in [-0.2, 0) is 19.1 Å². The topological polar surface area (TPSA) is 206 Å². The van der Waals surface area contributed by atoms with E-state index in [0.29, 0.717) is 29.6 Å². The van der Waals surface area contributed by atoms with Gasteiger partial charge in [-0.05, 0) is 18.2 Å². The minimum Gasteiger partial charge on any atom is -0.493 e. The van der Waals surface area contributed by atoms with Crippen molar-refractivity contribution in [3.63, 3.8) is 0 Å². The third kappa shape index (κ3) is 5.31. The zero-order valence-electron chi connectivity index (χ0n) is 22.2. The van der Waals surface area contributed by atoms with Crippen molar-refractivity contribution in [3.8, 4) is 28.7 Å². The molecule has 0 aromatic heterocycles. The number of aliphatic hydroxyl groups excluding tert-OH is 3. The van der Waals surface area contributed by atoms with E-state index in [2.05, 4.69) is 0 Å². The van der Waals surface area contributed by atoms with Gasteiger partial charge in [-0.15, -0.1) is 0 Å². The number of carboxylic acid groups (broad SMARTS) is 1. The van der Waals surface area contributed by atoms with Gasteiger partial charge >= 0.3 is 11.9 Å². The highest BCUT2D eigenvalue weighted by Crippen LogP contribution is 2.56. The van der Waals surface area contributed by atoms with E-state index in [0.717, 1.165) is 11.1 Å². The number of rotatable bonds is 9. The second kappa shape index (κ2) is 11.6. The van der Waals surface area contributed by atoms with E-state index in [1.54, 1.807) is 25.3 Å².